The molecule has 2 heterocycles. The first-order valence-electron chi connectivity index (χ1n) is 21.7. The average Bonchev–Trinajstić information content (AvgIpc) is 4.26. The molecule has 4 aromatic rings. The molecule has 314 valence electrons. The van der Waals surface area contributed by atoms with E-state index in [4.69, 9.17) is 0 Å². The standard InChI is InChI=1S/C49H52N6O6/c1-2-50-44(56)37-25-54(26-38(37)45(57)51-41-22-34(41)29-12-6-3-7-13-29)48(60)32-18-20-33(21-19-32)49(61)55-27-39(46(58)52-42-23-35(42)30-14-8-4-9-15-30)40(28-55)47(59)53-43-24-36(43)31-16-10-5-11-17-31/h3-21,34-43H,2,22-28H2,1H3,(H,50,56)(H,51,57)(H,52,58)(H,53,59)/t34-,35-,36-,37-,38-,39-,40-,41+,42+,43+/m1/s1. The molecule has 3 saturated carbocycles. The molecule has 61 heavy (non-hydrogen) atoms. The van der Waals surface area contributed by atoms with Gasteiger partial charge in [0.2, 0.25) is 23.6 Å². The number of benzene rings is 4. The van der Waals surface area contributed by atoms with Gasteiger partial charge in [0.25, 0.3) is 11.8 Å². The summed E-state index contributed by atoms with van der Waals surface area (Å²) in [5.41, 5.74) is 4.14. The van der Waals surface area contributed by atoms with E-state index in [0.717, 1.165) is 36.0 Å². The number of rotatable bonds is 13. The summed E-state index contributed by atoms with van der Waals surface area (Å²) in [5.74, 6) is -3.82. The van der Waals surface area contributed by atoms with Crippen LogP contribution in [0.15, 0.2) is 115 Å². The van der Waals surface area contributed by atoms with Crippen molar-refractivity contribution in [2.24, 2.45) is 23.7 Å². The molecule has 2 aliphatic heterocycles. The monoisotopic (exact) mass is 820 g/mol. The van der Waals surface area contributed by atoms with Crippen LogP contribution in [0.1, 0.15) is 81.3 Å². The summed E-state index contributed by atoms with van der Waals surface area (Å²) in [6, 6.07) is 36.4. The number of hydrogen-bond donors (Lipinski definition) is 4. The van der Waals surface area contributed by atoms with Gasteiger partial charge in [0, 0.05) is 79.7 Å². The summed E-state index contributed by atoms with van der Waals surface area (Å²) in [5, 5.41) is 12.3. The number of carbonyl (C=O) groups excluding carboxylic acids is 6. The van der Waals surface area contributed by atoms with Crippen LogP contribution in [-0.2, 0) is 19.2 Å². The molecule has 0 unspecified atom stereocenters. The maximum Gasteiger partial charge on any atom is 0.253 e. The van der Waals surface area contributed by atoms with Crippen LogP contribution in [0.4, 0.5) is 0 Å². The van der Waals surface area contributed by atoms with Gasteiger partial charge in [-0.1, -0.05) is 91.0 Å². The molecule has 0 aromatic heterocycles. The molecule has 2 saturated heterocycles. The third-order valence-electron chi connectivity index (χ3n) is 13.3. The molecule has 5 fully saturated rings. The van der Waals surface area contributed by atoms with E-state index >= 15 is 0 Å². The smallest absolute Gasteiger partial charge is 0.253 e. The molecule has 4 N–H and O–H groups in total. The lowest BCUT2D eigenvalue weighted by Gasteiger charge is -2.18. The Hall–Kier alpha value is -6.30. The van der Waals surface area contributed by atoms with Crippen molar-refractivity contribution in [3.8, 4) is 0 Å². The quantitative estimate of drug-likeness (QED) is 0.158. The highest BCUT2D eigenvalue weighted by molar-refractivity contribution is 6.00. The van der Waals surface area contributed by atoms with Gasteiger partial charge in [-0.25, -0.2) is 0 Å². The Bertz CT molecular complexity index is 2220. The molecule has 3 aliphatic carbocycles. The number of hydrogen-bond acceptors (Lipinski definition) is 6. The van der Waals surface area contributed by atoms with E-state index < -0.39 is 23.7 Å². The Morgan fingerprint density at radius 3 is 1.03 bits per heavy atom. The summed E-state index contributed by atoms with van der Waals surface area (Å²) in [6.07, 6.45) is 2.47. The van der Waals surface area contributed by atoms with Crippen LogP contribution in [0, 0.1) is 23.7 Å². The van der Waals surface area contributed by atoms with Crippen LogP contribution in [-0.4, -0.2) is 96.1 Å². The zero-order valence-corrected chi connectivity index (χ0v) is 34.2. The van der Waals surface area contributed by atoms with Gasteiger partial charge in [0.05, 0.1) is 23.7 Å². The summed E-state index contributed by atoms with van der Waals surface area (Å²) < 4.78 is 0. The fourth-order valence-electron chi connectivity index (χ4n) is 9.57. The minimum Gasteiger partial charge on any atom is -0.356 e. The van der Waals surface area contributed by atoms with Crippen LogP contribution >= 0.6 is 0 Å². The van der Waals surface area contributed by atoms with E-state index in [1.54, 1.807) is 34.1 Å². The third kappa shape index (κ3) is 8.67. The molecule has 5 aliphatic rings. The fraction of sp³-hybridized carbons (Fsp3) is 0.388. The van der Waals surface area contributed by atoms with Crippen molar-refractivity contribution in [3.05, 3.63) is 143 Å². The first kappa shape index (κ1) is 40.1. The highest BCUT2D eigenvalue weighted by Crippen LogP contribution is 2.43. The number of likely N-dealkylation sites (tertiary alicyclic amines) is 2. The molecular weight excluding hydrogens is 769 g/mol. The largest absolute Gasteiger partial charge is 0.356 e. The second-order valence-corrected chi connectivity index (χ2v) is 17.4. The lowest BCUT2D eigenvalue weighted by Crippen LogP contribution is -2.43. The highest BCUT2D eigenvalue weighted by Gasteiger charge is 2.50. The lowest BCUT2D eigenvalue weighted by atomic mass is 9.94. The summed E-state index contributed by atoms with van der Waals surface area (Å²) in [6.45, 7) is 2.59. The Labute approximate surface area is 355 Å². The molecule has 0 bridgehead atoms. The summed E-state index contributed by atoms with van der Waals surface area (Å²) >= 11 is 0. The van der Waals surface area contributed by atoms with Crippen LogP contribution in [0.25, 0.3) is 0 Å². The molecular formula is C49H52N6O6. The van der Waals surface area contributed by atoms with Crippen molar-refractivity contribution in [2.45, 2.75) is 62.1 Å². The SMILES string of the molecule is CCNC(=O)[C@@H]1CN(C(=O)c2ccc(C(=O)N3C[C@@H](C(=O)N[C@H]4C[C@@H]4c4ccccc4)[C@H](C(=O)N[C@H]4C[C@@H]4c4ccccc4)C3)cc2)C[C@H]1C(=O)N[C@H]1C[C@@H]1c1ccccc1. The minimum atomic E-state index is -0.724. The average molecular weight is 821 g/mol. The molecule has 12 heteroatoms. The Morgan fingerprint density at radius 2 is 0.738 bits per heavy atom. The number of nitrogens with one attached hydrogen (secondary N) is 4. The van der Waals surface area contributed by atoms with Crippen molar-refractivity contribution in [3.63, 3.8) is 0 Å². The lowest BCUT2D eigenvalue weighted by molar-refractivity contribution is -0.133. The molecule has 0 radical (unpaired) electrons. The van der Waals surface area contributed by atoms with Crippen LogP contribution in [0.2, 0.25) is 0 Å². The van der Waals surface area contributed by atoms with Crippen molar-refractivity contribution in [1.82, 2.24) is 31.1 Å². The van der Waals surface area contributed by atoms with Gasteiger partial charge in [-0.3, -0.25) is 28.8 Å². The van der Waals surface area contributed by atoms with Gasteiger partial charge in [0.15, 0.2) is 0 Å². The van der Waals surface area contributed by atoms with E-state index in [1.165, 1.54) is 0 Å². The number of carbonyl (C=O) groups is 6. The van der Waals surface area contributed by atoms with Crippen LogP contribution in [0.5, 0.6) is 0 Å². The fourth-order valence-corrected chi connectivity index (χ4v) is 9.57. The Morgan fingerprint density at radius 1 is 0.443 bits per heavy atom. The van der Waals surface area contributed by atoms with Crippen molar-refractivity contribution in [1.29, 1.82) is 0 Å². The van der Waals surface area contributed by atoms with Crippen LogP contribution < -0.4 is 21.3 Å². The first-order valence-corrected chi connectivity index (χ1v) is 21.7. The van der Waals surface area contributed by atoms with E-state index in [1.807, 2.05) is 73.7 Å². The first-order chi connectivity index (χ1) is 29.7. The number of nitrogens with zero attached hydrogens (tertiary/aromatic N) is 2. The molecule has 10 atom stereocenters. The Kier molecular flexibility index (Phi) is 11.2. The third-order valence-corrected chi connectivity index (χ3v) is 13.3. The minimum absolute atomic E-state index is 0.0139. The second-order valence-electron chi connectivity index (χ2n) is 17.4. The van der Waals surface area contributed by atoms with Crippen LogP contribution in [0.3, 0.4) is 0 Å². The highest BCUT2D eigenvalue weighted by atomic mass is 16.2. The molecule has 12 nitrogen and oxygen atoms in total. The topological polar surface area (TPSA) is 157 Å². The maximum absolute atomic E-state index is 14.0. The molecule has 9 rings (SSSR count). The molecule has 0 spiro atoms. The van der Waals surface area contributed by atoms with E-state index in [9.17, 15) is 28.8 Å². The van der Waals surface area contributed by atoms with Crippen molar-refractivity contribution in [2.75, 3.05) is 32.7 Å². The zero-order valence-electron chi connectivity index (χ0n) is 34.2. The summed E-state index contributed by atoms with van der Waals surface area (Å²) in [7, 11) is 0. The second kappa shape index (κ2) is 17.0. The van der Waals surface area contributed by atoms with Gasteiger partial charge in [-0.15, -0.1) is 0 Å². The van der Waals surface area contributed by atoms with Gasteiger partial charge in [0.1, 0.15) is 0 Å². The predicted molar refractivity (Wildman–Crippen MR) is 228 cm³/mol. The normalized spacial score (nSPS) is 28.3. The van der Waals surface area contributed by atoms with Crippen molar-refractivity contribution < 1.29 is 28.8 Å². The van der Waals surface area contributed by atoms with E-state index in [2.05, 4.69) is 45.5 Å². The van der Waals surface area contributed by atoms with Gasteiger partial charge < -0.3 is 31.1 Å². The van der Waals surface area contributed by atoms with Gasteiger partial charge in [-0.2, -0.15) is 0 Å². The van der Waals surface area contributed by atoms with Gasteiger partial charge >= 0.3 is 0 Å². The predicted octanol–water partition coefficient (Wildman–Crippen LogP) is 4.22. The molecule has 6 amide bonds. The molecule has 4 aromatic carbocycles. The van der Waals surface area contributed by atoms with Crippen molar-refractivity contribution >= 4 is 35.4 Å². The Balaban J connectivity index is 0.851. The van der Waals surface area contributed by atoms with Gasteiger partial charge in [-0.05, 0) is 67.1 Å². The van der Waals surface area contributed by atoms with E-state index in [0.29, 0.717) is 17.7 Å². The summed E-state index contributed by atoms with van der Waals surface area (Å²) in [4.78, 5) is 85.6. The zero-order chi connectivity index (χ0) is 42.2. The number of amides is 6. The van der Waals surface area contributed by atoms with E-state index in [-0.39, 0.29) is 97.5 Å². The maximum atomic E-state index is 14.0.